The number of carbonyl (C=O) groups is 2. The number of hydrogen-bond acceptors (Lipinski definition) is 8. The van der Waals surface area contributed by atoms with Crippen LogP contribution >= 0.6 is 0 Å². The number of pyridine rings is 1. The summed E-state index contributed by atoms with van der Waals surface area (Å²) in [4.78, 5) is 32.2. The van der Waals surface area contributed by atoms with E-state index in [1.54, 1.807) is 60.9 Å². The third-order valence-corrected chi connectivity index (χ3v) is 5.92. The van der Waals surface area contributed by atoms with Crippen LogP contribution in [0.15, 0.2) is 66.5 Å². The summed E-state index contributed by atoms with van der Waals surface area (Å²) in [5.74, 6) is -0.0263. The zero-order valence-corrected chi connectivity index (χ0v) is 19.8. The monoisotopic (exact) mass is 488 g/mol. The summed E-state index contributed by atoms with van der Waals surface area (Å²) in [5, 5.41) is 11.5. The molecule has 9 heteroatoms. The molecule has 0 saturated carbocycles. The van der Waals surface area contributed by atoms with Crippen molar-refractivity contribution in [2.24, 2.45) is 0 Å². The Labute approximate surface area is 207 Å². The van der Waals surface area contributed by atoms with Crippen molar-refractivity contribution in [2.45, 2.75) is 19.9 Å². The lowest BCUT2D eigenvalue weighted by Crippen LogP contribution is -2.29. The van der Waals surface area contributed by atoms with Gasteiger partial charge in [0.2, 0.25) is 6.79 Å². The number of nitrogens with zero attached hydrogens (tertiary/aromatic N) is 2. The Morgan fingerprint density at radius 2 is 1.75 bits per heavy atom. The summed E-state index contributed by atoms with van der Waals surface area (Å²) in [6, 6.07) is 12.4. The van der Waals surface area contributed by atoms with Crippen molar-refractivity contribution in [1.29, 1.82) is 0 Å². The second-order valence-electron chi connectivity index (χ2n) is 8.01. The summed E-state index contributed by atoms with van der Waals surface area (Å²) in [7, 11) is 0. The van der Waals surface area contributed by atoms with Gasteiger partial charge in [0.15, 0.2) is 11.5 Å². The van der Waals surface area contributed by atoms with Gasteiger partial charge in [-0.25, -0.2) is 0 Å². The van der Waals surface area contributed by atoms with Crippen molar-refractivity contribution < 1.29 is 33.6 Å². The first-order valence-electron chi connectivity index (χ1n) is 11.5. The minimum Gasteiger partial charge on any atom is -0.507 e. The maximum atomic E-state index is 13.4. The first-order valence-corrected chi connectivity index (χ1v) is 11.5. The molecule has 3 aromatic rings. The number of hydrogen-bond donors (Lipinski definition) is 1. The van der Waals surface area contributed by atoms with Gasteiger partial charge < -0.3 is 24.1 Å². The Balaban J connectivity index is 1.68. The van der Waals surface area contributed by atoms with Crippen LogP contribution in [0.5, 0.6) is 23.0 Å². The molecule has 0 aliphatic carbocycles. The molecule has 184 valence electrons. The maximum Gasteiger partial charge on any atom is 0.300 e. The molecule has 1 N–H and O–H groups in total. The van der Waals surface area contributed by atoms with E-state index in [-0.39, 0.29) is 23.7 Å². The fourth-order valence-corrected chi connectivity index (χ4v) is 4.37. The molecular formula is C27H24N2O7. The number of aromatic nitrogens is 1. The van der Waals surface area contributed by atoms with Crippen LogP contribution in [0.4, 0.5) is 5.69 Å². The predicted octanol–water partition coefficient (Wildman–Crippen LogP) is 4.23. The summed E-state index contributed by atoms with van der Waals surface area (Å²) >= 11 is 0. The highest BCUT2D eigenvalue weighted by molar-refractivity contribution is 6.51. The number of Topliss-reactive ketones (excluding diaryl/α,β-unsaturated/α-hetero) is 1. The topological polar surface area (TPSA) is 107 Å². The molecule has 1 saturated heterocycles. The van der Waals surface area contributed by atoms with Gasteiger partial charge in [0, 0.05) is 30.2 Å². The smallest absolute Gasteiger partial charge is 0.300 e. The summed E-state index contributed by atoms with van der Waals surface area (Å²) in [6.07, 6.45) is 3.13. The molecule has 3 heterocycles. The van der Waals surface area contributed by atoms with E-state index in [1.807, 2.05) is 13.8 Å². The van der Waals surface area contributed by atoms with Crippen molar-refractivity contribution in [3.8, 4) is 23.0 Å². The number of benzene rings is 2. The zero-order valence-electron chi connectivity index (χ0n) is 19.8. The molecule has 0 bridgehead atoms. The summed E-state index contributed by atoms with van der Waals surface area (Å²) in [5.41, 5.74) is 1.25. The molecule has 2 aliphatic rings. The standard InChI is InChI=1S/C27H24N2O7/c1-3-33-18-6-7-19(21(14-18)34-4-2)25(30)23-24(16-9-11-28-12-10-16)29(27(32)26(23)31)17-5-8-20-22(13-17)36-15-35-20/h5-14,24,30H,3-4,15H2,1-2H3/b25-23+. The van der Waals surface area contributed by atoms with Gasteiger partial charge in [0.25, 0.3) is 11.7 Å². The van der Waals surface area contributed by atoms with Crippen LogP contribution in [0.2, 0.25) is 0 Å². The van der Waals surface area contributed by atoms with Gasteiger partial charge in [-0.15, -0.1) is 0 Å². The van der Waals surface area contributed by atoms with Crippen LogP contribution < -0.4 is 23.8 Å². The Morgan fingerprint density at radius 1 is 1.00 bits per heavy atom. The van der Waals surface area contributed by atoms with Gasteiger partial charge >= 0.3 is 0 Å². The normalized spacial score (nSPS) is 17.9. The third-order valence-electron chi connectivity index (χ3n) is 5.92. The van der Waals surface area contributed by atoms with Crippen LogP contribution in [0.1, 0.15) is 31.0 Å². The molecule has 9 nitrogen and oxygen atoms in total. The van der Waals surface area contributed by atoms with E-state index in [9.17, 15) is 14.7 Å². The quantitative estimate of drug-likeness (QED) is 0.299. The lowest BCUT2D eigenvalue weighted by Gasteiger charge is -2.25. The molecule has 0 spiro atoms. The molecule has 0 radical (unpaired) electrons. The van der Waals surface area contributed by atoms with Gasteiger partial charge in [-0.3, -0.25) is 19.5 Å². The van der Waals surface area contributed by atoms with E-state index in [1.165, 1.54) is 4.90 Å². The van der Waals surface area contributed by atoms with E-state index in [0.717, 1.165) is 0 Å². The first-order chi connectivity index (χ1) is 17.5. The molecule has 1 aromatic heterocycles. The Kier molecular flexibility index (Phi) is 6.20. The first kappa shape index (κ1) is 23.2. The summed E-state index contributed by atoms with van der Waals surface area (Å²) in [6.45, 7) is 4.53. The molecule has 1 amide bonds. The number of rotatable bonds is 7. The van der Waals surface area contributed by atoms with E-state index in [4.69, 9.17) is 18.9 Å². The highest BCUT2D eigenvalue weighted by Crippen LogP contribution is 2.45. The molecule has 1 fully saturated rings. The van der Waals surface area contributed by atoms with Crippen LogP contribution in [0.3, 0.4) is 0 Å². The third kappa shape index (κ3) is 3.98. The largest absolute Gasteiger partial charge is 0.507 e. The van der Waals surface area contributed by atoms with Crippen LogP contribution in [-0.4, -0.2) is 41.8 Å². The fraction of sp³-hybridized carbons (Fsp3) is 0.222. The lowest BCUT2D eigenvalue weighted by atomic mass is 9.95. The number of ketones is 1. The number of aliphatic hydroxyl groups excluding tert-OH is 1. The average molecular weight is 488 g/mol. The maximum absolute atomic E-state index is 13.4. The molecule has 1 unspecified atom stereocenters. The Bertz CT molecular complexity index is 1350. The van der Waals surface area contributed by atoms with Crippen molar-refractivity contribution in [2.75, 3.05) is 24.9 Å². The second kappa shape index (κ2) is 9.61. The van der Waals surface area contributed by atoms with E-state index >= 15 is 0 Å². The zero-order chi connectivity index (χ0) is 25.2. The average Bonchev–Trinajstić information content (AvgIpc) is 3.46. The van der Waals surface area contributed by atoms with Gasteiger partial charge in [-0.1, -0.05) is 0 Å². The number of ether oxygens (including phenoxy) is 4. The van der Waals surface area contributed by atoms with Crippen molar-refractivity contribution >= 4 is 23.1 Å². The summed E-state index contributed by atoms with van der Waals surface area (Å²) < 4.78 is 22.2. The van der Waals surface area contributed by atoms with Crippen molar-refractivity contribution in [3.63, 3.8) is 0 Å². The number of amides is 1. The van der Waals surface area contributed by atoms with E-state index in [2.05, 4.69) is 4.98 Å². The number of fused-ring (bicyclic) bond motifs is 1. The molecule has 2 aromatic carbocycles. The van der Waals surface area contributed by atoms with E-state index < -0.39 is 17.7 Å². The van der Waals surface area contributed by atoms with Crippen molar-refractivity contribution in [3.05, 3.63) is 77.6 Å². The highest BCUT2D eigenvalue weighted by atomic mass is 16.7. The van der Waals surface area contributed by atoms with Gasteiger partial charge in [0.05, 0.1) is 30.4 Å². The van der Waals surface area contributed by atoms with E-state index in [0.29, 0.717) is 47.5 Å². The highest BCUT2D eigenvalue weighted by Gasteiger charge is 2.47. The fourth-order valence-electron chi connectivity index (χ4n) is 4.37. The second-order valence-corrected chi connectivity index (χ2v) is 8.01. The van der Waals surface area contributed by atoms with Crippen LogP contribution in [0.25, 0.3) is 5.76 Å². The van der Waals surface area contributed by atoms with Crippen LogP contribution in [0, 0.1) is 0 Å². The molecule has 2 aliphatic heterocycles. The van der Waals surface area contributed by atoms with Gasteiger partial charge in [-0.05, 0) is 55.8 Å². The van der Waals surface area contributed by atoms with Gasteiger partial charge in [0.1, 0.15) is 17.3 Å². The Morgan fingerprint density at radius 3 is 2.50 bits per heavy atom. The number of aliphatic hydroxyl groups is 1. The lowest BCUT2D eigenvalue weighted by molar-refractivity contribution is -0.132. The minimum atomic E-state index is -0.908. The minimum absolute atomic E-state index is 0.0611. The number of carbonyl (C=O) groups excluding carboxylic acids is 2. The Hall–Kier alpha value is -4.53. The SMILES string of the molecule is CCOc1ccc(/C(O)=C2\C(=O)C(=O)N(c3ccc4c(c3)OCO4)C2c2ccncc2)c(OCC)c1. The van der Waals surface area contributed by atoms with Crippen LogP contribution in [-0.2, 0) is 9.59 Å². The van der Waals surface area contributed by atoms with Gasteiger partial charge in [-0.2, -0.15) is 0 Å². The molecule has 5 rings (SSSR count). The predicted molar refractivity (Wildman–Crippen MR) is 130 cm³/mol. The molecular weight excluding hydrogens is 464 g/mol. The van der Waals surface area contributed by atoms with Crippen molar-refractivity contribution in [1.82, 2.24) is 4.98 Å². The molecule has 1 atom stereocenters. The molecule has 36 heavy (non-hydrogen) atoms. The number of anilines is 1.